The fourth-order valence-electron chi connectivity index (χ4n) is 2.15. The van der Waals surface area contributed by atoms with E-state index in [1.165, 1.54) is 12.1 Å². The first kappa shape index (κ1) is 9.62. The zero-order valence-electron chi connectivity index (χ0n) is 7.96. The SMILES string of the molecule is N[C@@H]1CCCc2c(CO)cc(F)cc21. The summed E-state index contributed by atoms with van der Waals surface area (Å²) in [6.45, 7) is -0.104. The largest absolute Gasteiger partial charge is 0.392 e. The summed E-state index contributed by atoms with van der Waals surface area (Å²) >= 11 is 0. The van der Waals surface area contributed by atoms with Gasteiger partial charge in [-0.15, -0.1) is 0 Å². The van der Waals surface area contributed by atoms with Crippen molar-refractivity contribution in [2.24, 2.45) is 5.73 Å². The highest BCUT2D eigenvalue weighted by molar-refractivity contribution is 5.39. The molecule has 2 rings (SSSR count). The van der Waals surface area contributed by atoms with Gasteiger partial charge in [-0.3, -0.25) is 0 Å². The van der Waals surface area contributed by atoms with Gasteiger partial charge in [0.05, 0.1) is 6.61 Å². The zero-order valence-corrected chi connectivity index (χ0v) is 7.96. The fourth-order valence-corrected chi connectivity index (χ4v) is 2.15. The molecule has 0 saturated heterocycles. The van der Waals surface area contributed by atoms with Crippen LogP contribution in [0, 0.1) is 5.82 Å². The summed E-state index contributed by atoms with van der Waals surface area (Å²) in [5.74, 6) is -0.301. The van der Waals surface area contributed by atoms with E-state index in [4.69, 9.17) is 10.8 Å². The quantitative estimate of drug-likeness (QED) is 0.715. The Kier molecular flexibility index (Phi) is 2.52. The van der Waals surface area contributed by atoms with E-state index < -0.39 is 0 Å². The van der Waals surface area contributed by atoms with E-state index in [1.807, 2.05) is 0 Å². The first-order valence-electron chi connectivity index (χ1n) is 4.90. The fraction of sp³-hybridized carbons (Fsp3) is 0.455. The average molecular weight is 195 g/mol. The van der Waals surface area contributed by atoms with Crippen LogP contribution in [0.1, 0.15) is 35.6 Å². The highest BCUT2D eigenvalue weighted by atomic mass is 19.1. The predicted molar refractivity (Wildman–Crippen MR) is 52.2 cm³/mol. The highest BCUT2D eigenvalue weighted by Gasteiger charge is 2.20. The maximum Gasteiger partial charge on any atom is 0.123 e. The summed E-state index contributed by atoms with van der Waals surface area (Å²) in [6, 6.07) is 2.83. The van der Waals surface area contributed by atoms with Crippen molar-refractivity contribution in [3.8, 4) is 0 Å². The van der Waals surface area contributed by atoms with Crippen LogP contribution in [0.4, 0.5) is 4.39 Å². The monoisotopic (exact) mass is 195 g/mol. The Morgan fingerprint density at radius 1 is 1.50 bits per heavy atom. The standard InChI is InChI=1S/C11H14FNO/c12-8-4-7(6-14)9-2-1-3-11(13)10(9)5-8/h4-5,11,14H,1-3,6,13H2/t11-/m1/s1. The molecular weight excluding hydrogens is 181 g/mol. The number of hydrogen-bond donors (Lipinski definition) is 2. The third-order valence-electron chi connectivity index (χ3n) is 2.85. The molecule has 3 heteroatoms. The maximum absolute atomic E-state index is 13.1. The Morgan fingerprint density at radius 2 is 2.29 bits per heavy atom. The normalized spacial score (nSPS) is 20.6. The van der Waals surface area contributed by atoms with Crippen LogP contribution in [0.2, 0.25) is 0 Å². The van der Waals surface area contributed by atoms with Gasteiger partial charge in [0.1, 0.15) is 5.82 Å². The van der Waals surface area contributed by atoms with Crippen molar-refractivity contribution in [1.29, 1.82) is 0 Å². The minimum Gasteiger partial charge on any atom is -0.392 e. The Morgan fingerprint density at radius 3 is 3.00 bits per heavy atom. The molecular formula is C11H14FNO. The first-order chi connectivity index (χ1) is 6.72. The third-order valence-corrected chi connectivity index (χ3v) is 2.85. The molecule has 3 N–H and O–H groups in total. The number of fused-ring (bicyclic) bond motifs is 1. The van der Waals surface area contributed by atoms with Crippen molar-refractivity contribution >= 4 is 0 Å². The lowest BCUT2D eigenvalue weighted by molar-refractivity contribution is 0.279. The van der Waals surface area contributed by atoms with Gasteiger partial charge < -0.3 is 10.8 Å². The smallest absolute Gasteiger partial charge is 0.123 e. The molecule has 1 aliphatic carbocycles. The summed E-state index contributed by atoms with van der Waals surface area (Å²) in [5, 5.41) is 9.10. The number of benzene rings is 1. The number of halogens is 1. The van der Waals surface area contributed by atoms with Gasteiger partial charge in [-0.05, 0) is 48.1 Å². The van der Waals surface area contributed by atoms with Gasteiger partial charge in [0.15, 0.2) is 0 Å². The zero-order chi connectivity index (χ0) is 10.1. The molecule has 0 saturated carbocycles. The molecule has 0 bridgehead atoms. The molecule has 2 nitrogen and oxygen atoms in total. The van der Waals surface area contributed by atoms with Crippen molar-refractivity contribution in [1.82, 2.24) is 0 Å². The molecule has 76 valence electrons. The lowest BCUT2D eigenvalue weighted by Gasteiger charge is -2.24. The van der Waals surface area contributed by atoms with Crippen molar-refractivity contribution < 1.29 is 9.50 Å². The highest BCUT2D eigenvalue weighted by Crippen LogP contribution is 2.31. The molecule has 0 fully saturated rings. The Bertz CT molecular complexity index is 351. The minimum absolute atomic E-state index is 0.0697. The van der Waals surface area contributed by atoms with E-state index in [1.54, 1.807) is 0 Å². The van der Waals surface area contributed by atoms with Crippen molar-refractivity contribution in [2.45, 2.75) is 31.9 Å². The van der Waals surface area contributed by atoms with E-state index in [9.17, 15) is 4.39 Å². The molecule has 0 aliphatic heterocycles. The van der Waals surface area contributed by atoms with Crippen LogP contribution < -0.4 is 5.73 Å². The van der Waals surface area contributed by atoms with Gasteiger partial charge in [-0.25, -0.2) is 4.39 Å². The van der Waals surface area contributed by atoms with Crippen LogP contribution in [0.25, 0.3) is 0 Å². The van der Waals surface area contributed by atoms with Crippen LogP contribution in [0.3, 0.4) is 0 Å². The van der Waals surface area contributed by atoms with E-state index in [0.717, 1.165) is 30.4 Å². The van der Waals surface area contributed by atoms with E-state index in [0.29, 0.717) is 5.56 Å². The van der Waals surface area contributed by atoms with Crippen LogP contribution in [0.5, 0.6) is 0 Å². The van der Waals surface area contributed by atoms with Crippen LogP contribution in [0.15, 0.2) is 12.1 Å². The molecule has 0 radical (unpaired) electrons. The number of aliphatic hydroxyl groups is 1. The third kappa shape index (κ3) is 1.53. The van der Waals surface area contributed by atoms with Gasteiger partial charge >= 0.3 is 0 Å². The molecule has 0 amide bonds. The molecule has 1 atom stereocenters. The second kappa shape index (κ2) is 3.67. The van der Waals surface area contributed by atoms with E-state index >= 15 is 0 Å². The summed E-state index contributed by atoms with van der Waals surface area (Å²) in [5.41, 5.74) is 8.50. The Hall–Kier alpha value is -0.930. The van der Waals surface area contributed by atoms with Gasteiger partial charge in [0.2, 0.25) is 0 Å². The summed E-state index contributed by atoms with van der Waals surface area (Å²) in [7, 11) is 0. The predicted octanol–water partition coefficient (Wildman–Crippen LogP) is 1.65. The molecule has 0 unspecified atom stereocenters. The maximum atomic E-state index is 13.1. The number of rotatable bonds is 1. The number of nitrogens with two attached hydrogens (primary N) is 1. The molecule has 0 aromatic heterocycles. The molecule has 0 spiro atoms. The van der Waals surface area contributed by atoms with Gasteiger partial charge in [-0.2, -0.15) is 0 Å². The van der Waals surface area contributed by atoms with Crippen LogP contribution in [-0.2, 0) is 13.0 Å². The topological polar surface area (TPSA) is 46.2 Å². The van der Waals surface area contributed by atoms with Crippen LogP contribution >= 0.6 is 0 Å². The number of aliphatic hydroxyl groups excluding tert-OH is 1. The van der Waals surface area contributed by atoms with Gasteiger partial charge in [0.25, 0.3) is 0 Å². The molecule has 14 heavy (non-hydrogen) atoms. The summed E-state index contributed by atoms with van der Waals surface area (Å²) in [4.78, 5) is 0. The second-order valence-corrected chi connectivity index (χ2v) is 3.79. The Balaban J connectivity index is 2.54. The van der Waals surface area contributed by atoms with Crippen LogP contribution in [-0.4, -0.2) is 5.11 Å². The number of hydrogen-bond acceptors (Lipinski definition) is 2. The average Bonchev–Trinajstić information content (AvgIpc) is 2.18. The molecule has 1 aromatic carbocycles. The van der Waals surface area contributed by atoms with E-state index in [-0.39, 0.29) is 18.5 Å². The molecule has 1 aliphatic rings. The lowest BCUT2D eigenvalue weighted by Crippen LogP contribution is -2.19. The molecule has 1 aromatic rings. The van der Waals surface area contributed by atoms with Crippen molar-refractivity contribution in [3.05, 3.63) is 34.6 Å². The minimum atomic E-state index is -0.301. The van der Waals surface area contributed by atoms with Crippen molar-refractivity contribution in [2.75, 3.05) is 0 Å². The van der Waals surface area contributed by atoms with E-state index in [2.05, 4.69) is 0 Å². The van der Waals surface area contributed by atoms with Gasteiger partial charge in [0, 0.05) is 6.04 Å². The summed E-state index contributed by atoms with van der Waals surface area (Å²) in [6.07, 6.45) is 2.83. The van der Waals surface area contributed by atoms with Crippen molar-refractivity contribution in [3.63, 3.8) is 0 Å². The lowest BCUT2D eigenvalue weighted by atomic mass is 9.85. The van der Waals surface area contributed by atoms with Gasteiger partial charge in [-0.1, -0.05) is 0 Å². The first-order valence-corrected chi connectivity index (χ1v) is 4.90. The Labute approximate surface area is 82.5 Å². The molecule has 0 heterocycles. The second-order valence-electron chi connectivity index (χ2n) is 3.79. The summed E-state index contributed by atoms with van der Waals surface area (Å²) < 4.78 is 13.1.